The number of rotatable bonds is 6. The van der Waals surface area contributed by atoms with Gasteiger partial charge >= 0.3 is 0 Å². The van der Waals surface area contributed by atoms with Crippen LogP contribution in [0.25, 0.3) is 0 Å². The summed E-state index contributed by atoms with van der Waals surface area (Å²) in [4.78, 5) is 14.5. The highest BCUT2D eigenvalue weighted by Gasteiger charge is 2.22. The van der Waals surface area contributed by atoms with Gasteiger partial charge in [-0.2, -0.15) is 0 Å². The molecule has 3 nitrogen and oxygen atoms in total. The minimum atomic E-state index is 0.235. The molecule has 0 saturated heterocycles. The monoisotopic (exact) mass is 302 g/mol. The maximum atomic E-state index is 12.3. The van der Waals surface area contributed by atoms with E-state index < -0.39 is 0 Å². The van der Waals surface area contributed by atoms with Crippen molar-refractivity contribution in [2.75, 3.05) is 20.6 Å². The first kappa shape index (κ1) is 17.0. The quantitative estimate of drug-likeness (QED) is 0.871. The SMILES string of the molecule is CCc1ccc(C(CNC(=O)C2CCCCC2)N(C)C)cc1. The Morgan fingerprint density at radius 1 is 1.18 bits per heavy atom. The third-order valence-corrected chi connectivity index (χ3v) is 4.84. The third kappa shape index (κ3) is 4.57. The molecule has 1 aromatic carbocycles. The van der Waals surface area contributed by atoms with Gasteiger partial charge in [0.2, 0.25) is 5.91 Å². The summed E-state index contributed by atoms with van der Waals surface area (Å²) in [5.41, 5.74) is 2.62. The Morgan fingerprint density at radius 2 is 1.82 bits per heavy atom. The van der Waals surface area contributed by atoms with Gasteiger partial charge in [-0.05, 0) is 44.5 Å². The highest BCUT2D eigenvalue weighted by molar-refractivity contribution is 5.78. The van der Waals surface area contributed by atoms with Crippen molar-refractivity contribution >= 4 is 5.91 Å². The summed E-state index contributed by atoms with van der Waals surface area (Å²) in [6.45, 7) is 2.86. The molecular formula is C19H30N2O. The average molecular weight is 302 g/mol. The number of amides is 1. The van der Waals surface area contributed by atoms with Crippen molar-refractivity contribution in [3.8, 4) is 0 Å². The molecule has 1 atom stereocenters. The minimum Gasteiger partial charge on any atom is -0.354 e. The van der Waals surface area contributed by atoms with Crippen molar-refractivity contribution in [1.82, 2.24) is 10.2 Å². The van der Waals surface area contributed by atoms with Gasteiger partial charge in [-0.3, -0.25) is 4.79 Å². The lowest BCUT2D eigenvalue weighted by molar-refractivity contribution is -0.126. The molecule has 1 aliphatic rings. The van der Waals surface area contributed by atoms with Crippen molar-refractivity contribution in [1.29, 1.82) is 0 Å². The summed E-state index contributed by atoms with van der Waals surface area (Å²) < 4.78 is 0. The molecule has 1 aliphatic carbocycles. The van der Waals surface area contributed by atoms with Gasteiger partial charge < -0.3 is 10.2 Å². The molecule has 0 heterocycles. The molecule has 1 fully saturated rings. The summed E-state index contributed by atoms with van der Waals surface area (Å²) >= 11 is 0. The Kier molecular flexibility index (Phi) is 6.44. The maximum absolute atomic E-state index is 12.3. The molecule has 3 heteroatoms. The van der Waals surface area contributed by atoms with Crippen LogP contribution in [0.4, 0.5) is 0 Å². The van der Waals surface area contributed by atoms with Crippen LogP contribution in [-0.2, 0) is 11.2 Å². The molecule has 0 aromatic heterocycles. The van der Waals surface area contributed by atoms with Crippen LogP contribution in [0.3, 0.4) is 0 Å². The fourth-order valence-corrected chi connectivity index (χ4v) is 3.28. The van der Waals surface area contributed by atoms with Crippen LogP contribution in [0.2, 0.25) is 0 Å². The predicted octanol–water partition coefficient (Wildman–Crippen LogP) is 3.55. The van der Waals surface area contributed by atoms with Gasteiger partial charge in [0.05, 0.1) is 6.04 Å². The number of nitrogens with zero attached hydrogens (tertiary/aromatic N) is 1. The van der Waals surface area contributed by atoms with Gasteiger partial charge in [0.15, 0.2) is 0 Å². The van der Waals surface area contributed by atoms with Crippen LogP contribution in [-0.4, -0.2) is 31.4 Å². The van der Waals surface area contributed by atoms with E-state index in [-0.39, 0.29) is 17.9 Å². The first-order chi connectivity index (χ1) is 10.6. The van der Waals surface area contributed by atoms with Gasteiger partial charge in [-0.15, -0.1) is 0 Å². The number of benzene rings is 1. The molecule has 22 heavy (non-hydrogen) atoms. The molecular weight excluding hydrogens is 272 g/mol. The lowest BCUT2D eigenvalue weighted by Gasteiger charge is -2.27. The number of nitrogens with one attached hydrogen (secondary N) is 1. The van der Waals surface area contributed by atoms with Gasteiger partial charge in [0, 0.05) is 12.5 Å². The van der Waals surface area contributed by atoms with Crippen molar-refractivity contribution in [3.63, 3.8) is 0 Å². The third-order valence-electron chi connectivity index (χ3n) is 4.84. The van der Waals surface area contributed by atoms with E-state index in [9.17, 15) is 4.79 Å². The summed E-state index contributed by atoms with van der Waals surface area (Å²) in [6, 6.07) is 8.99. The Hall–Kier alpha value is -1.35. The first-order valence-electron chi connectivity index (χ1n) is 8.64. The second-order valence-electron chi connectivity index (χ2n) is 6.65. The standard InChI is InChI=1S/C19H30N2O/c1-4-15-10-12-16(13-11-15)18(21(2)3)14-20-19(22)17-8-6-5-7-9-17/h10-13,17-18H,4-9,14H2,1-3H3,(H,20,22). The van der Waals surface area contributed by atoms with E-state index >= 15 is 0 Å². The number of likely N-dealkylation sites (N-methyl/N-ethyl adjacent to an activating group) is 1. The zero-order valence-electron chi connectivity index (χ0n) is 14.3. The Bertz CT molecular complexity index is 461. The number of hydrogen-bond donors (Lipinski definition) is 1. The highest BCUT2D eigenvalue weighted by Crippen LogP contribution is 2.24. The minimum absolute atomic E-state index is 0.235. The maximum Gasteiger partial charge on any atom is 0.223 e. The van der Waals surface area contributed by atoms with Gasteiger partial charge in [-0.25, -0.2) is 0 Å². The number of carbonyl (C=O) groups excluding carboxylic acids is 1. The second kappa shape index (κ2) is 8.33. The molecule has 0 radical (unpaired) electrons. The van der Waals surface area contributed by atoms with Crippen molar-refractivity contribution < 1.29 is 4.79 Å². The van der Waals surface area contributed by atoms with Crippen molar-refractivity contribution in [2.45, 2.75) is 51.5 Å². The Morgan fingerprint density at radius 3 is 2.36 bits per heavy atom. The zero-order chi connectivity index (χ0) is 15.9. The molecule has 1 unspecified atom stereocenters. The van der Waals surface area contributed by atoms with Gasteiger partial charge in [-0.1, -0.05) is 50.5 Å². The van der Waals surface area contributed by atoms with Crippen LogP contribution in [0.1, 0.15) is 56.2 Å². The van der Waals surface area contributed by atoms with Gasteiger partial charge in [0.1, 0.15) is 0 Å². The van der Waals surface area contributed by atoms with Crippen LogP contribution in [0.5, 0.6) is 0 Å². The van der Waals surface area contributed by atoms with Crippen LogP contribution in [0, 0.1) is 5.92 Å². The molecule has 122 valence electrons. The normalized spacial score (nSPS) is 17.5. The average Bonchev–Trinajstić information content (AvgIpc) is 2.56. The number of hydrogen-bond acceptors (Lipinski definition) is 2. The van der Waals surface area contributed by atoms with E-state index in [1.807, 2.05) is 0 Å². The summed E-state index contributed by atoms with van der Waals surface area (Å²) in [5.74, 6) is 0.482. The number of carbonyl (C=O) groups is 1. The topological polar surface area (TPSA) is 32.3 Å². The summed E-state index contributed by atoms with van der Waals surface area (Å²) in [5, 5.41) is 3.18. The number of aryl methyl sites for hydroxylation is 1. The van der Waals surface area contributed by atoms with E-state index in [1.165, 1.54) is 30.4 Å². The summed E-state index contributed by atoms with van der Waals surface area (Å²) in [6.07, 6.45) is 6.87. The molecule has 1 amide bonds. The lowest BCUT2D eigenvalue weighted by Crippen LogP contribution is -2.38. The second-order valence-corrected chi connectivity index (χ2v) is 6.65. The fraction of sp³-hybridized carbons (Fsp3) is 0.632. The molecule has 1 saturated carbocycles. The van der Waals surface area contributed by atoms with Crippen molar-refractivity contribution in [3.05, 3.63) is 35.4 Å². The largest absolute Gasteiger partial charge is 0.354 e. The predicted molar refractivity (Wildman–Crippen MR) is 91.8 cm³/mol. The molecule has 0 spiro atoms. The van der Waals surface area contributed by atoms with E-state index in [2.05, 4.69) is 55.5 Å². The molecule has 0 bridgehead atoms. The van der Waals surface area contributed by atoms with E-state index in [4.69, 9.17) is 0 Å². The van der Waals surface area contributed by atoms with Crippen molar-refractivity contribution in [2.24, 2.45) is 5.92 Å². The molecule has 1 N–H and O–H groups in total. The fourth-order valence-electron chi connectivity index (χ4n) is 3.28. The lowest BCUT2D eigenvalue weighted by atomic mass is 9.88. The Labute approximate surface area is 135 Å². The zero-order valence-corrected chi connectivity index (χ0v) is 14.3. The van der Waals surface area contributed by atoms with Crippen LogP contribution in [0.15, 0.2) is 24.3 Å². The summed E-state index contributed by atoms with van der Waals surface area (Å²) in [7, 11) is 4.15. The van der Waals surface area contributed by atoms with E-state index in [0.717, 1.165) is 19.3 Å². The first-order valence-corrected chi connectivity index (χ1v) is 8.64. The molecule has 0 aliphatic heterocycles. The van der Waals surface area contributed by atoms with Gasteiger partial charge in [0.25, 0.3) is 0 Å². The van der Waals surface area contributed by atoms with Crippen LogP contribution >= 0.6 is 0 Å². The van der Waals surface area contributed by atoms with Crippen LogP contribution < -0.4 is 5.32 Å². The molecule has 1 aromatic rings. The van der Waals surface area contributed by atoms with E-state index in [0.29, 0.717) is 6.54 Å². The molecule has 2 rings (SSSR count). The highest BCUT2D eigenvalue weighted by atomic mass is 16.1. The Balaban J connectivity index is 1.94. The smallest absolute Gasteiger partial charge is 0.223 e. The van der Waals surface area contributed by atoms with E-state index in [1.54, 1.807) is 0 Å².